The second kappa shape index (κ2) is 7.96. The Hall–Kier alpha value is -3.61. The number of carbonyl (C=O) groups excluding carboxylic acids is 1. The summed E-state index contributed by atoms with van der Waals surface area (Å²) in [6.07, 6.45) is 6.55. The molecule has 3 heterocycles. The third-order valence-corrected chi connectivity index (χ3v) is 4.35. The molecule has 0 saturated heterocycles. The molecule has 0 aliphatic heterocycles. The van der Waals surface area contributed by atoms with Gasteiger partial charge in [0.2, 0.25) is 0 Å². The highest BCUT2D eigenvalue weighted by atomic mass is 19.1. The average molecular weight is 379 g/mol. The van der Waals surface area contributed by atoms with Crippen LogP contribution in [0.3, 0.4) is 0 Å². The maximum atomic E-state index is 13.1. The molecule has 4 aromatic rings. The molecule has 142 valence electrons. The molecular formula is C21H18FN3O3. The summed E-state index contributed by atoms with van der Waals surface area (Å²) in [5.74, 6) is 1.09. The first-order valence-electron chi connectivity index (χ1n) is 8.78. The number of nitrogens with zero attached hydrogens (tertiary/aromatic N) is 3. The molecule has 0 unspecified atom stereocenters. The molecule has 7 heteroatoms. The van der Waals surface area contributed by atoms with E-state index in [2.05, 4.69) is 4.98 Å². The van der Waals surface area contributed by atoms with E-state index in [1.54, 1.807) is 47.7 Å². The van der Waals surface area contributed by atoms with E-state index in [9.17, 15) is 9.18 Å². The van der Waals surface area contributed by atoms with Crippen LogP contribution in [0.2, 0.25) is 0 Å². The molecule has 0 N–H and O–H groups in total. The van der Waals surface area contributed by atoms with E-state index in [1.807, 2.05) is 16.8 Å². The fourth-order valence-corrected chi connectivity index (χ4v) is 2.94. The first kappa shape index (κ1) is 17.8. The molecule has 0 saturated carbocycles. The number of halogens is 1. The van der Waals surface area contributed by atoms with E-state index >= 15 is 0 Å². The van der Waals surface area contributed by atoms with Crippen molar-refractivity contribution in [3.63, 3.8) is 0 Å². The monoisotopic (exact) mass is 379 g/mol. The van der Waals surface area contributed by atoms with Crippen molar-refractivity contribution in [3.8, 4) is 0 Å². The normalized spacial score (nSPS) is 10.9. The second-order valence-corrected chi connectivity index (χ2v) is 6.32. The highest BCUT2D eigenvalue weighted by molar-refractivity contribution is 5.91. The lowest BCUT2D eigenvalue weighted by molar-refractivity contribution is 0.0678. The van der Waals surface area contributed by atoms with Gasteiger partial charge in [0.1, 0.15) is 17.4 Å². The highest BCUT2D eigenvalue weighted by Crippen LogP contribution is 2.15. The molecular weight excluding hydrogens is 361 g/mol. The van der Waals surface area contributed by atoms with Crippen LogP contribution < -0.4 is 0 Å². The summed E-state index contributed by atoms with van der Waals surface area (Å²) >= 11 is 0. The van der Waals surface area contributed by atoms with Crippen molar-refractivity contribution >= 4 is 5.91 Å². The largest absolute Gasteiger partial charge is 0.467 e. The quantitative estimate of drug-likeness (QED) is 0.485. The smallest absolute Gasteiger partial charge is 0.290 e. The van der Waals surface area contributed by atoms with Crippen LogP contribution >= 0.6 is 0 Å². The molecule has 28 heavy (non-hydrogen) atoms. The third-order valence-electron chi connectivity index (χ3n) is 4.35. The summed E-state index contributed by atoms with van der Waals surface area (Å²) in [6, 6.07) is 13.2. The Labute approximate surface area is 160 Å². The summed E-state index contributed by atoms with van der Waals surface area (Å²) in [4.78, 5) is 18.9. The summed E-state index contributed by atoms with van der Waals surface area (Å²) < 4.78 is 25.7. The fraction of sp³-hybridized carbons (Fsp3) is 0.143. The third kappa shape index (κ3) is 4.03. The molecule has 0 bridgehead atoms. The van der Waals surface area contributed by atoms with Gasteiger partial charge in [-0.1, -0.05) is 12.1 Å². The van der Waals surface area contributed by atoms with Crippen LogP contribution in [0.5, 0.6) is 0 Å². The minimum absolute atomic E-state index is 0.252. The molecule has 0 aliphatic carbocycles. The van der Waals surface area contributed by atoms with Crippen molar-refractivity contribution in [2.75, 3.05) is 0 Å². The van der Waals surface area contributed by atoms with Gasteiger partial charge < -0.3 is 18.3 Å². The van der Waals surface area contributed by atoms with Gasteiger partial charge >= 0.3 is 0 Å². The van der Waals surface area contributed by atoms with Gasteiger partial charge in [0.25, 0.3) is 5.91 Å². The Morgan fingerprint density at radius 3 is 2.54 bits per heavy atom. The number of rotatable bonds is 7. The van der Waals surface area contributed by atoms with E-state index in [0.717, 1.165) is 5.56 Å². The van der Waals surface area contributed by atoms with Crippen LogP contribution in [0.25, 0.3) is 0 Å². The van der Waals surface area contributed by atoms with Gasteiger partial charge in [0, 0.05) is 18.9 Å². The molecule has 1 amide bonds. The van der Waals surface area contributed by atoms with Gasteiger partial charge in [-0.25, -0.2) is 9.37 Å². The predicted octanol–water partition coefficient (Wildman–Crippen LogP) is 4.10. The van der Waals surface area contributed by atoms with Crippen molar-refractivity contribution in [2.24, 2.45) is 0 Å². The van der Waals surface area contributed by atoms with Crippen molar-refractivity contribution in [2.45, 2.75) is 19.6 Å². The van der Waals surface area contributed by atoms with Gasteiger partial charge in [0.05, 0.1) is 25.6 Å². The molecule has 0 spiro atoms. The lowest BCUT2D eigenvalue weighted by Crippen LogP contribution is -2.31. The first-order chi connectivity index (χ1) is 13.7. The molecule has 1 aromatic carbocycles. The molecule has 4 rings (SSSR count). The molecule has 0 fully saturated rings. The Balaban J connectivity index is 1.56. The van der Waals surface area contributed by atoms with Crippen molar-refractivity contribution < 1.29 is 18.0 Å². The lowest BCUT2D eigenvalue weighted by atomic mass is 10.2. The van der Waals surface area contributed by atoms with Gasteiger partial charge in [0.15, 0.2) is 5.76 Å². The van der Waals surface area contributed by atoms with E-state index in [4.69, 9.17) is 8.83 Å². The summed E-state index contributed by atoms with van der Waals surface area (Å²) in [7, 11) is 0. The Morgan fingerprint density at radius 2 is 1.82 bits per heavy atom. The topological polar surface area (TPSA) is 64.4 Å². The average Bonchev–Trinajstić information content (AvgIpc) is 3.46. The maximum absolute atomic E-state index is 13.1. The number of aromatic nitrogens is 2. The summed E-state index contributed by atoms with van der Waals surface area (Å²) in [6.45, 7) is 1.09. The Bertz CT molecular complexity index is 1020. The number of furan rings is 2. The van der Waals surface area contributed by atoms with E-state index in [1.165, 1.54) is 18.4 Å². The number of imidazole rings is 1. The Morgan fingerprint density at radius 1 is 1.04 bits per heavy atom. The number of amides is 1. The predicted molar refractivity (Wildman–Crippen MR) is 98.7 cm³/mol. The van der Waals surface area contributed by atoms with E-state index < -0.39 is 0 Å². The van der Waals surface area contributed by atoms with E-state index in [-0.39, 0.29) is 30.6 Å². The zero-order valence-corrected chi connectivity index (χ0v) is 15.0. The first-order valence-corrected chi connectivity index (χ1v) is 8.78. The molecule has 0 radical (unpaired) electrons. The van der Waals surface area contributed by atoms with Crippen LogP contribution in [0, 0.1) is 5.82 Å². The van der Waals surface area contributed by atoms with Crippen LogP contribution in [0.15, 0.2) is 82.3 Å². The molecule has 0 atom stereocenters. The van der Waals surface area contributed by atoms with E-state index in [0.29, 0.717) is 18.1 Å². The number of benzene rings is 1. The van der Waals surface area contributed by atoms with Crippen LogP contribution in [-0.2, 0) is 19.6 Å². The lowest BCUT2D eigenvalue weighted by Gasteiger charge is -2.21. The van der Waals surface area contributed by atoms with Gasteiger partial charge in [-0.05, 0) is 42.0 Å². The summed E-state index contributed by atoms with van der Waals surface area (Å²) in [5.41, 5.74) is 0.940. The zero-order valence-electron chi connectivity index (χ0n) is 15.0. The molecule has 3 aromatic heterocycles. The van der Waals surface area contributed by atoms with Gasteiger partial charge in [-0.15, -0.1) is 0 Å². The number of hydrogen-bond donors (Lipinski definition) is 0. The van der Waals surface area contributed by atoms with Crippen molar-refractivity contribution in [1.82, 2.24) is 14.5 Å². The summed E-state index contributed by atoms with van der Waals surface area (Å²) in [5, 5.41) is 0. The van der Waals surface area contributed by atoms with Crippen LogP contribution in [0.4, 0.5) is 4.39 Å². The highest BCUT2D eigenvalue weighted by Gasteiger charge is 2.21. The van der Waals surface area contributed by atoms with Crippen LogP contribution in [0.1, 0.15) is 27.7 Å². The molecule has 6 nitrogen and oxygen atoms in total. The maximum Gasteiger partial charge on any atom is 0.290 e. The standard InChI is InChI=1S/C21H18FN3O3/c22-17-7-5-16(6-8-17)13-24-10-9-23-20(24)15-25(14-18-3-1-11-27-18)21(26)19-4-2-12-28-19/h1-12H,13-15H2. The fourth-order valence-electron chi connectivity index (χ4n) is 2.94. The number of hydrogen-bond acceptors (Lipinski definition) is 4. The van der Waals surface area contributed by atoms with Crippen LogP contribution in [-0.4, -0.2) is 20.4 Å². The minimum Gasteiger partial charge on any atom is -0.467 e. The molecule has 0 aliphatic rings. The zero-order chi connectivity index (χ0) is 19.3. The SMILES string of the molecule is O=C(c1ccco1)N(Cc1ccco1)Cc1nccn1Cc1ccc(F)cc1. The van der Waals surface area contributed by atoms with Gasteiger partial charge in [-0.3, -0.25) is 4.79 Å². The second-order valence-electron chi connectivity index (χ2n) is 6.32. The van der Waals surface area contributed by atoms with Gasteiger partial charge in [-0.2, -0.15) is 0 Å². The van der Waals surface area contributed by atoms with Crippen molar-refractivity contribution in [3.05, 3.63) is 102 Å². The number of carbonyl (C=O) groups is 1. The minimum atomic E-state index is -0.275. The van der Waals surface area contributed by atoms with Crippen molar-refractivity contribution in [1.29, 1.82) is 0 Å². The Kier molecular flexibility index (Phi) is 5.05.